The minimum Gasteiger partial charge on any atom is -0.465 e. The SMILES string of the molecule is CCc1cccc2sc(N(CCN3CCOCC3)C(=O)c3ccc(C(=O)OC)cc3)nc12. The van der Waals surface area contributed by atoms with Gasteiger partial charge in [0.05, 0.1) is 36.1 Å². The van der Waals surface area contributed by atoms with Crippen molar-refractivity contribution in [3.8, 4) is 0 Å². The standard InChI is InChI=1S/C24H27N3O4S/c1-3-17-5-4-6-20-21(17)25-24(32-20)27(12-11-26-13-15-31-16-14-26)22(28)18-7-9-19(10-8-18)23(29)30-2/h4-10H,3,11-16H2,1-2H3. The minimum atomic E-state index is -0.425. The maximum absolute atomic E-state index is 13.5. The van der Waals surface area contributed by atoms with E-state index in [1.165, 1.54) is 24.0 Å². The van der Waals surface area contributed by atoms with E-state index in [1.807, 2.05) is 12.1 Å². The van der Waals surface area contributed by atoms with Crippen LogP contribution >= 0.6 is 11.3 Å². The molecule has 2 aromatic carbocycles. The number of aromatic nitrogens is 1. The molecule has 1 aliphatic heterocycles. The van der Waals surface area contributed by atoms with Gasteiger partial charge in [0.25, 0.3) is 5.91 Å². The van der Waals surface area contributed by atoms with E-state index in [-0.39, 0.29) is 5.91 Å². The Morgan fingerprint density at radius 2 is 1.84 bits per heavy atom. The first-order chi connectivity index (χ1) is 15.6. The first kappa shape index (κ1) is 22.4. The van der Waals surface area contributed by atoms with Gasteiger partial charge in [-0.1, -0.05) is 30.4 Å². The highest BCUT2D eigenvalue weighted by molar-refractivity contribution is 7.22. The van der Waals surface area contributed by atoms with Crippen LogP contribution in [0, 0.1) is 0 Å². The topological polar surface area (TPSA) is 72.0 Å². The van der Waals surface area contributed by atoms with Crippen molar-refractivity contribution in [3.63, 3.8) is 0 Å². The number of carbonyl (C=O) groups excluding carboxylic acids is 2. The lowest BCUT2D eigenvalue weighted by Gasteiger charge is -2.29. The number of aryl methyl sites for hydroxylation is 1. The maximum Gasteiger partial charge on any atom is 0.337 e. The molecule has 2 heterocycles. The molecule has 0 aliphatic carbocycles. The zero-order valence-electron chi connectivity index (χ0n) is 18.4. The third-order valence-electron chi connectivity index (χ3n) is 5.64. The van der Waals surface area contributed by atoms with Crippen molar-refractivity contribution in [1.29, 1.82) is 0 Å². The van der Waals surface area contributed by atoms with Crippen LogP contribution in [0.2, 0.25) is 0 Å². The molecule has 0 bridgehead atoms. The number of amides is 1. The van der Waals surface area contributed by atoms with Gasteiger partial charge in [-0.25, -0.2) is 9.78 Å². The van der Waals surface area contributed by atoms with Crippen LogP contribution in [-0.4, -0.2) is 68.3 Å². The third-order valence-corrected chi connectivity index (χ3v) is 6.69. The predicted octanol–water partition coefficient (Wildman–Crippen LogP) is 3.62. The van der Waals surface area contributed by atoms with E-state index in [4.69, 9.17) is 14.5 Å². The molecule has 0 saturated carbocycles. The number of morpholine rings is 1. The molecule has 3 aromatic rings. The number of para-hydroxylation sites is 1. The number of hydrogen-bond donors (Lipinski definition) is 0. The Bertz CT molecular complexity index is 1090. The van der Waals surface area contributed by atoms with E-state index in [0.29, 0.717) is 36.0 Å². The summed E-state index contributed by atoms with van der Waals surface area (Å²) in [4.78, 5) is 34.2. The summed E-state index contributed by atoms with van der Waals surface area (Å²) in [7, 11) is 1.34. The molecule has 0 unspecified atom stereocenters. The summed E-state index contributed by atoms with van der Waals surface area (Å²) < 4.78 is 11.3. The largest absolute Gasteiger partial charge is 0.465 e. The van der Waals surface area contributed by atoms with Gasteiger partial charge in [-0.3, -0.25) is 14.6 Å². The van der Waals surface area contributed by atoms with Crippen molar-refractivity contribution in [2.75, 3.05) is 51.4 Å². The summed E-state index contributed by atoms with van der Waals surface area (Å²) in [5, 5.41) is 0.691. The van der Waals surface area contributed by atoms with Crippen molar-refractivity contribution in [2.24, 2.45) is 0 Å². The van der Waals surface area contributed by atoms with Crippen molar-refractivity contribution >= 4 is 38.6 Å². The highest BCUT2D eigenvalue weighted by atomic mass is 32.1. The van der Waals surface area contributed by atoms with Gasteiger partial charge in [-0.2, -0.15) is 0 Å². The Labute approximate surface area is 191 Å². The Morgan fingerprint density at radius 3 is 2.53 bits per heavy atom. The summed E-state index contributed by atoms with van der Waals surface area (Å²) in [6.07, 6.45) is 0.886. The van der Waals surface area contributed by atoms with Crippen LogP contribution < -0.4 is 4.90 Å². The van der Waals surface area contributed by atoms with E-state index < -0.39 is 5.97 Å². The number of anilines is 1. The third kappa shape index (κ3) is 4.82. The number of hydrogen-bond acceptors (Lipinski definition) is 7. The molecule has 1 aromatic heterocycles. The number of thiazole rings is 1. The zero-order chi connectivity index (χ0) is 22.5. The average molecular weight is 454 g/mol. The van der Waals surface area contributed by atoms with Gasteiger partial charge in [0.2, 0.25) is 0 Å². The van der Waals surface area contributed by atoms with E-state index in [2.05, 4.69) is 17.9 Å². The quantitative estimate of drug-likeness (QED) is 0.509. The molecule has 0 spiro atoms. The smallest absolute Gasteiger partial charge is 0.337 e. The lowest BCUT2D eigenvalue weighted by molar-refractivity contribution is 0.0391. The van der Waals surface area contributed by atoms with Crippen LogP contribution in [0.25, 0.3) is 10.2 Å². The number of nitrogens with zero attached hydrogens (tertiary/aromatic N) is 3. The molecule has 7 nitrogen and oxygen atoms in total. The number of rotatable bonds is 7. The zero-order valence-corrected chi connectivity index (χ0v) is 19.2. The van der Waals surface area contributed by atoms with Crippen molar-refractivity contribution in [3.05, 3.63) is 59.2 Å². The Hall–Kier alpha value is -2.81. The van der Waals surface area contributed by atoms with Crippen LogP contribution in [0.5, 0.6) is 0 Å². The average Bonchev–Trinajstić information content (AvgIpc) is 3.28. The fraction of sp³-hybridized carbons (Fsp3) is 0.375. The molecule has 1 aliphatic rings. The summed E-state index contributed by atoms with van der Waals surface area (Å²) in [5.74, 6) is -0.557. The second kappa shape index (κ2) is 10.2. The van der Waals surface area contributed by atoms with E-state index in [1.54, 1.807) is 29.2 Å². The molecule has 0 N–H and O–H groups in total. The maximum atomic E-state index is 13.5. The number of methoxy groups -OCH3 is 1. The van der Waals surface area contributed by atoms with Gasteiger partial charge in [-0.05, 0) is 42.3 Å². The first-order valence-corrected chi connectivity index (χ1v) is 11.6. The number of ether oxygens (including phenoxy) is 2. The fourth-order valence-electron chi connectivity index (χ4n) is 3.77. The highest BCUT2D eigenvalue weighted by Crippen LogP contribution is 2.32. The Kier molecular flexibility index (Phi) is 7.14. The molecule has 0 radical (unpaired) electrons. The number of esters is 1. The van der Waals surface area contributed by atoms with Gasteiger partial charge in [0.15, 0.2) is 5.13 Å². The molecule has 1 fully saturated rings. The number of carbonyl (C=O) groups is 2. The summed E-state index contributed by atoms with van der Waals surface area (Å²) in [6, 6.07) is 12.7. The van der Waals surface area contributed by atoms with Crippen molar-refractivity contribution < 1.29 is 19.1 Å². The molecule has 8 heteroatoms. The first-order valence-electron chi connectivity index (χ1n) is 10.8. The molecule has 4 rings (SSSR count). The van der Waals surface area contributed by atoms with Gasteiger partial charge < -0.3 is 9.47 Å². The van der Waals surface area contributed by atoms with E-state index in [0.717, 1.165) is 36.3 Å². The number of fused-ring (bicyclic) bond motifs is 1. The fourth-order valence-corrected chi connectivity index (χ4v) is 4.81. The molecular weight excluding hydrogens is 426 g/mol. The minimum absolute atomic E-state index is 0.133. The molecule has 1 amide bonds. The predicted molar refractivity (Wildman–Crippen MR) is 126 cm³/mol. The lowest BCUT2D eigenvalue weighted by Crippen LogP contribution is -2.43. The second-order valence-electron chi connectivity index (χ2n) is 7.59. The lowest BCUT2D eigenvalue weighted by atomic mass is 10.1. The van der Waals surface area contributed by atoms with Crippen LogP contribution in [0.4, 0.5) is 5.13 Å². The Morgan fingerprint density at radius 1 is 1.12 bits per heavy atom. The van der Waals surface area contributed by atoms with E-state index >= 15 is 0 Å². The van der Waals surface area contributed by atoms with E-state index in [9.17, 15) is 9.59 Å². The monoisotopic (exact) mass is 453 g/mol. The van der Waals surface area contributed by atoms with Gasteiger partial charge in [0.1, 0.15) is 0 Å². The highest BCUT2D eigenvalue weighted by Gasteiger charge is 2.23. The van der Waals surface area contributed by atoms with Gasteiger partial charge >= 0.3 is 5.97 Å². The van der Waals surface area contributed by atoms with Crippen LogP contribution in [0.3, 0.4) is 0 Å². The van der Waals surface area contributed by atoms with Crippen LogP contribution in [0.15, 0.2) is 42.5 Å². The summed E-state index contributed by atoms with van der Waals surface area (Å²) in [6.45, 7) is 6.52. The second-order valence-corrected chi connectivity index (χ2v) is 8.60. The Balaban J connectivity index is 1.63. The number of benzene rings is 2. The summed E-state index contributed by atoms with van der Waals surface area (Å²) in [5.41, 5.74) is 3.05. The molecular formula is C24H27N3O4S. The molecule has 0 atom stereocenters. The molecule has 32 heavy (non-hydrogen) atoms. The van der Waals surface area contributed by atoms with Crippen molar-refractivity contribution in [1.82, 2.24) is 9.88 Å². The van der Waals surface area contributed by atoms with Crippen molar-refractivity contribution in [2.45, 2.75) is 13.3 Å². The summed E-state index contributed by atoms with van der Waals surface area (Å²) >= 11 is 1.53. The van der Waals surface area contributed by atoms with Crippen LogP contribution in [-0.2, 0) is 15.9 Å². The van der Waals surface area contributed by atoms with Gasteiger partial charge in [0, 0.05) is 31.7 Å². The molecule has 1 saturated heterocycles. The van der Waals surface area contributed by atoms with Gasteiger partial charge in [-0.15, -0.1) is 0 Å². The van der Waals surface area contributed by atoms with Crippen LogP contribution in [0.1, 0.15) is 33.2 Å². The molecule has 168 valence electrons. The normalized spacial score (nSPS) is 14.4.